The van der Waals surface area contributed by atoms with Crippen molar-refractivity contribution in [3.8, 4) is 0 Å². The largest absolute Gasteiger partial charge is 0.281 e. The smallest absolute Gasteiger partial charge is 0.266 e. The lowest BCUT2D eigenvalue weighted by Gasteiger charge is -1.98. The van der Waals surface area contributed by atoms with Crippen LogP contribution in [0.3, 0.4) is 0 Å². The maximum atomic E-state index is 12.3. The molecule has 0 radical (unpaired) electrons. The molecule has 0 bridgehead atoms. The van der Waals surface area contributed by atoms with Crippen molar-refractivity contribution >= 4 is 15.9 Å². The molecule has 0 aliphatic carbocycles. The lowest BCUT2D eigenvalue weighted by molar-refractivity contribution is 0.140. The van der Waals surface area contributed by atoms with Gasteiger partial charge in [0.1, 0.15) is 5.69 Å². The van der Waals surface area contributed by atoms with Crippen molar-refractivity contribution in [2.45, 2.75) is 6.43 Å². The van der Waals surface area contributed by atoms with Gasteiger partial charge in [-0.25, -0.2) is 8.78 Å². The summed E-state index contributed by atoms with van der Waals surface area (Å²) in [5.41, 5.74) is -0.625. The molecule has 0 N–H and O–H groups in total. The van der Waals surface area contributed by atoms with E-state index in [0.29, 0.717) is 4.68 Å². The normalized spacial score (nSPS) is 16.6. The molecule has 0 atom stereocenters. The van der Waals surface area contributed by atoms with E-state index >= 15 is 0 Å². The average Bonchev–Trinajstić information content (AvgIpc) is 2.28. The van der Waals surface area contributed by atoms with E-state index in [4.69, 9.17) is 4.11 Å². The molecule has 56 valence electrons. The van der Waals surface area contributed by atoms with Gasteiger partial charge >= 0.3 is 0 Å². The van der Waals surface area contributed by atoms with Crippen LogP contribution in [-0.2, 0) is 6.98 Å². The van der Waals surface area contributed by atoms with Crippen molar-refractivity contribution in [1.29, 1.82) is 0 Å². The first-order valence-electron chi connectivity index (χ1n) is 3.86. The van der Waals surface area contributed by atoms with Crippen molar-refractivity contribution < 1.29 is 12.9 Å². The first kappa shape index (κ1) is 4.43. The predicted molar refractivity (Wildman–Crippen MR) is 35.9 cm³/mol. The average molecular weight is 214 g/mol. The van der Waals surface area contributed by atoms with Gasteiger partial charge in [-0.2, -0.15) is 5.10 Å². The highest BCUT2D eigenvalue weighted by Crippen LogP contribution is 2.25. The molecule has 0 aliphatic heterocycles. The van der Waals surface area contributed by atoms with Gasteiger partial charge in [-0.3, -0.25) is 4.68 Å². The van der Waals surface area contributed by atoms with Crippen LogP contribution in [0.5, 0.6) is 0 Å². The van der Waals surface area contributed by atoms with Gasteiger partial charge in [0.25, 0.3) is 6.43 Å². The van der Waals surface area contributed by atoms with Crippen LogP contribution in [0.2, 0.25) is 0 Å². The van der Waals surface area contributed by atoms with Crippen molar-refractivity contribution in [2.24, 2.45) is 6.98 Å². The fourth-order valence-corrected chi connectivity index (χ4v) is 0.967. The molecule has 0 saturated carbocycles. The van der Waals surface area contributed by atoms with E-state index in [1.165, 1.54) is 0 Å². The lowest BCUT2D eigenvalue weighted by Crippen LogP contribution is -1.98. The summed E-state index contributed by atoms with van der Waals surface area (Å²) in [4.78, 5) is 0. The number of aryl methyl sites for hydroxylation is 1. The summed E-state index contributed by atoms with van der Waals surface area (Å²) in [5, 5.41) is 3.34. The van der Waals surface area contributed by atoms with Crippen LogP contribution in [0.25, 0.3) is 0 Å². The van der Waals surface area contributed by atoms with Gasteiger partial charge < -0.3 is 0 Å². The van der Waals surface area contributed by atoms with Gasteiger partial charge in [0.2, 0.25) is 0 Å². The highest BCUT2D eigenvalue weighted by molar-refractivity contribution is 9.10. The summed E-state index contributed by atoms with van der Waals surface area (Å²) in [6.45, 7) is -2.67. The minimum atomic E-state index is -2.86. The van der Waals surface area contributed by atoms with Crippen molar-refractivity contribution in [2.75, 3.05) is 0 Å². The van der Waals surface area contributed by atoms with E-state index in [-0.39, 0.29) is 4.47 Å². The zero-order valence-electron chi connectivity index (χ0n) is 7.68. The number of hydrogen-bond acceptors (Lipinski definition) is 1. The molecule has 1 aromatic rings. The molecule has 0 aliphatic rings. The molecule has 0 amide bonds. The topological polar surface area (TPSA) is 17.8 Å². The third-order valence-electron chi connectivity index (χ3n) is 0.966. The quantitative estimate of drug-likeness (QED) is 0.699. The van der Waals surface area contributed by atoms with Gasteiger partial charge in [0.15, 0.2) is 0 Å². The minimum absolute atomic E-state index is 0.00127. The van der Waals surface area contributed by atoms with Gasteiger partial charge in [0.05, 0.1) is 10.7 Å². The standard InChI is InChI=1S/C5H5BrF2N2/c1-10-4(5(7)8)3(6)2-9-10/h2,5H,1H3/i1D3. The maximum Gasteiger partial charge on any atom is 0.281 e. The molecule has 1 rings (SSSR count). The lowest BCUT2D eigenvalue weighted by atomic mass is 10.4. The van der Waals surface area contributed by atoms with Crippen molar-refractivity contribution in [1.82, 2.24) is 9.78 Å². The number of alkyl halides is 2. The summed E-state index contributed by atoms with van der Waals surface area (Å²) in [6, 6.07) is 0. The number of rotatable bonds is 1. The molecule has 0 unspecified atom stereocenters. The Bertz CT molecular complexity index is 309. The summed E-state index contributed by atoms with van der Waals surface area (Å²) < 4.78 is 45.7. The molecule has 0 fully saturated rings. The maximum absolute atomic E-state index is 12.3. The minimum Gasteiger partial charge on any atom is -0.266 e. The summed E-state index contributed by atoms with van der Waals surface area (Å²) >= 11 is 2.80. The fraction of sp³-hybridized carbons (Fsp3) is 0.400. The Hall–Kier alpha value is -0.450. The first-order valence-corrected chi connectivity index (χ1v) is 3.15. The van der Waals surface area contributed by atoms with Crippen LogP contribution in [0.1, 0.15) is 16.2 Å². The number of nitrogens with zero attached hydrogens (tertiary/aromatic N) is 2. The summed E-state index contributed by atoms with van der Waals surface area (Å²) in [6.07, 6.45) is -1.83. The Morgan fingerprint density at radius 3 is 3.00 bits per heavy atom. The highest BCUT2D eigenvalue weighted by atomic mass is 79.9. The van der Waals surface area contributed by atoms with Gasteiger partial charge in [-0.05, 0) is 15.9 Å². The molecule has 2 nitrogen and oxygen atoms in total. The van der Waals surface area contributed by atoms with Gasteiger partial charge in [-0.1, -0.05) is 0 Å². The molecule has 0 saturated heterocycles. The van der Waals surface area contributed by atoms with Gasteiger partial charge in [0, 0.05) is 11.1 Å². The van der Waals surface area contributed by atoms with Crippen LogP contribution in [-0.4, -0.2) is 9.78 Å². The zero-order chi connectivity index (χ0) is 10.2. The number of hydrogen-bond donors (Lipinski definition) is 0. The van der Waals surface area contributed by atoms with Crippen LogP contribution in [0, 0.1) is 0 Å². The van der Waals surface area contributed by atoms with E-state index in [1.54, 1.807) is 0 Å². The Morgan fingerprint density at radius 1 is 1.90 bits per heavy atom. The Morgan fingerprint density at radius 2 is 2.60 bits per heavy atom. The van der Waals surface area contributed by atoms with Crippen LogP contribution in [0.4, 0.5) is 8.78 Å². The Labute approximate surface area is 69.2 Å². The van der Waals surface area contributed by atoms with Crippen LogP contribution >= 0.6 is 15.9 Å². The number of halogens is 3. The third kappa shape index (κ3) is 1.18. The first-order chi connectivity index (χ1) is 5.84. The second kappa shape index (κ2) is 2.65. The molecule has 1 heterocycles. The van der Waals surface area contributed by atoms with Crippen molar-refractivity contribution in [3.05, 3.63) is 16.4 Å². The molecular formula is C5H5BrF2N2. The van der Waals surface area contributed by atoms with E-state index in [1.807, 2.05) is 0 Å². The van der Waals surface area contributed by atoms with Crippen LogP contribution in [0.15, 0.2) is 10.7 Å². The summed E-state index contributed by atoms with van der Waals surface area (Å²) in [5.74, 6) is 0. The second-order valence-electron chi connectivity index (χ2n) is 1.59. The van der Waals surface area contributed by atoms with E-state index in [0.717, 1.165) is 6.20 Å². The predicted octanol–water partition coefficient (Wildman–Crippen LogP) is 2.12. The third-order valence-corrected chi connectivity index (χ3v) is 1.58. The molecule has 0 aromatic carbocycles. The highest BCUT2D eigenvalue weighted by Gasteiger charge is 2.15. The van der Waals surface area contributed by atoms with Gasteiger partial charge in [-0.15, -0.1) is 0 Å². The number of aromatic nitrogens is 2. The second-order valence-corrected chi connectivity index (χ2v) is 2.44. The Kier molecular flexibility index (Phi) is 1.18. The summed E-state index contributed by atoms with van der Waals surface area (Å²) in [7, 11) is 0. The SMILES string of the molecule is [2H]C([2H])([2H])n1ncc(Br)c1C(F)F. The molecule has 1 aromatic heterocycles. The monoisotopic (exact) mass is 213 g/mol. The fourth-order valence-electron chi connectivity index (χ4n) is 0.535. The Balaban J connectivity index is 3.23. The molecule has 0 spiro atoms. The molecule has 5 heteroatoms. The van der Waals surface area contributed by atoms with Crippen molar-refractivity contribution in [3.63, 3.8) is 0 Å². The molecular weight excluding hydrogens is 206 g/mol. The molecule has 10 heavy (non-hydrogen) atoms. The zero-order valence-corrected chi connectivity index (χ0v) is 6.27. The van der Waals surface area contributed by atoms with Crippen LogP contribution < -0.4 is 0 Å². The van der Waals surface area contributed by atoms with E-state index in [9.17, 15) is 8.78 Å². The van der Waals surface area contributed by atoms with E-state index < -0.39 is 19.1 Å². The van der Waals surface area contributed by atoms with E-state index in [2.05, 4.69) is 21.0 Å².